The van der Waals surface area contributed by atoms with Crippen LogP contribution >= 0.6 is 0 Å². The van der Waals surface area contributed by atoms with E-state index in [2.05, 4.69) is 10.6 Å². The van der Waals surface area contributed by atoms with E-state index in [1.807, 2.05) is 6.07 Å². The number of alkyl halides is 3. The van der Waals surface area contributed by atoms with E-state index in [0.29, 0.717) is 5.69 Å². The normalized spacial score (nSPS) is 11.3. The first-order valence-electron chi connectivity index (χ1n) is 5.60. The van der Waals surface area contributed by atoms with E-state index in [1.54, 1.807) is 24.3 Å². The Morgan fingerprint density at radius 1 is 1.17 bits per heavy atom. The number of amides is 1. The lowest BCUT2D eigenvalue weighted by Gasteiger charge is -2.08. The SMILES string of the molecule is O=C(CNCCCC(F)(F)F)Nc1ccccc1. The molecule has 18 heavy (non-hydrogen) atoms. The molecule has 0 spiro atoms. The number of halogens is 3. The first kappa shape index (κ1) is 14.5. The van der Waals surface area contributed by atoms with Crippen LogP contribution in [0.3, 0.4) is 0 Å². The minimum absolute atomic E-state index is 0.00670. The lowest BCUT2D eigenvalue weighted by molar-refractivity contribution is -0.135. The quantitative estimate of drug-likeness (QED) is 0.772. The Labute approximate surface area is 103 Å². The van der Waals surface area contributed by atoms with E-state index in [1.165, 1.54) is 0 Å². The number of hydrogen-bond acceptors (Lipinski definition) is 2. The number of carbonyl (C=O) groups is 1. The van der Waals surface area contributed by atoms with Crippen molar-refractivity contribution < 1.29 is 18.0 Å². The van der Waals surface area contributed by atoms with Gasteiger partial charge in [0.05, 0.1) is 6.54 Å². The second-order valence-electron chi connectivity index (χ2n) is 3.81. The zero-order valence-electron chi connectivity index (χ0n) is 9.76. The molecule has 1 amide bonds. The molecule has 0 aromatic heterocycles. The van der Waals surface area contributed by atoms with Gasteiger partial charge in [-0.15, -0.1) is 0 Å². The molecule has 0 atom stereocenters. The van der Waals surface area contributed by atoms with Crippen molar-refractivity contribution in [3.63, 3.8) is 0 Å². The zero-order chi connectivity index (χ0) is 13.4. The smallest absolute Gasteiger partial charge is 0.325 e. The summed E-state index contributed by atoms with van der Waals surface area (Å²) in [4.78, 5) is 11.4. The summed E-state index contributed by atoms with van der Waals surface area (Å²) in [7, 11) is 0. The summed E-state index contributed by atoms with van der Waals surface area (Å²) < 4.78 is 35.5. The molecule has 0 heterocycles. The van der Waals surface area contributed by atoms with E-state index in [0.717, 1.165) is 0 Å². The van der Waals surface area contributed by atoms with Crippen molar-refractivity contribution in [2.45, 2.75) is 19.0 Å². The molecular formula is C12H15F3N2O. The number of nitrogens with one attached hydrogen (secondary N) is 2. The Kier molecular flexibility index (Phi) is 5.64. The lowest BCUT2D eigenvalue weighted by atomic mass is 10.3. The van der Waals surface area contributed by atoms with Gasteiger partial charge in [-0.1, -0.05) is 18.2 Å². The third-order valence-electron chi connectivity index (χ3n) is 2.16. The number of benzene rings is 1. The van der Waals surface area contributed by atoms with Crippen LogP contribution in [0.15, 0.2) is 30.3 Å². The molecule has 6 heteroatoms. The van der Waals surface area contributed by atoms with Gasteiger partial charge in [0.1, 0.15) is 0 Å². The molecule has 100 valence electrons. The summed E-state index contributed by atoms with van der Waals surface area (Å²) in [5.74, 6) is -0.270. The Morgan fingerprint density at radius 2 is 1.83 bits per heavy atom. The third kappa shape index (κ3) is 6.90. The molecule has 0 radical (unpaired) electrons. The fourth-order valence-corrected chi connectivity index (χ4v) is 1.34. The molecule has 0 saturated carbocycles. The summed E-state index contributed by atoms with van der Waals surface area (Å²) in [6, 6.07) is 8.87. The van der Waals surface area contributed by atoms with Crippen molar-refractivity contribution in [2.24, 2.45) is 0 Å². The summed E-state index contributed by atoms with van der Waals surface area (Å²) in [6.07, 6.45) is -4.99. The van der Waals surface area contributed by atoms with Gasteiger partial charge in [0, 0.05) is 12.1 Å². The summed E-state index contributed by atoms with van der Waals surface area (Å²) in [5, 5.41) is 5.29. The molecule has 1 aromatic carbocycles. The van der Waals surface area contributed by atoms with Crippen LogP contribution in [0.5, 0.6) is 0 Å². The molecular weight excluding hydrogens is 245 g/mol. The maximum Gasteiger partial charge on any atom is 0.389 e. The van der Waals surface area contributed by atoms with Crippen molar-refractivity contribution >= 4 is 11.6 Å². The van der Waals surface area contributed by atoms with Crippen molar-refractivity contribution in [1.82, 2.24) is 5.32 Å². The van der Waals surface area contributed by atoms with E-state index < -0.39 is 12.6 Å². The fraction of sp³-hybridized carbons (Fsp3) is 0.417. The lowest BCUT2D eigenvalue weighted by Crippen LogP contribution is -2.29. The van der Waals surface area contributed by atoms with Crippen molar-refractivity contribution in [2.75, 3.05) is 18.4 Å². The van der Waals surface area contributed by atoms with E-state index in [4.69, 9.17) is 0 Å². The maximum absolute atomic E-state index is 11.8. The van der Waals surface area contributed by atoms with Crippen LogP contribution in [0.4, 0.5) is 18.9 Å². The molecule has 0 aliphatic rings. The number of carbonyl (C=O) groups excluding carboxylic acids is 1. The van der Waals surface area contributed by atoms with Crippen LogP contribution in [0.1, 0.15) is 12.8 Å². The van der Waals surface area contributed by atoms with E-state index >= 15 is 0 Å². The first-order valence-corrected chi connectivity index (χ1v) is 5.60. The minimum Gasteiger partial charge on any atom is -0.325 e. The summed E-state index contributed by atoms with van der Waals surface area (Å²) in [6.45, 7) is 0.175. The van der Waals surface area contributed by atoms with Crippen molar-refractivity contribution in [1.29, 1.82) is 0 Å². The number of anilines is 1. The van der Waals surface area contributed by atoms with Gasteiger partial charge < -0.3 is 10.6 Å². The molecule has 0 aliphatic carbocycles. The Bertz CT molecular complexity index is 365. The third-order valence-corrected chi connectivity index (χ3v) is 2.16. The van der Waals surface area contributed by atoms with Crippen LogP contribution in [0.25, 0.3) is 0 Å². The van der Waals surface area contributed by atoms with Gasteiger partial charge in [0.2, 0.25) is 5.91 Å². The van der Waals surface area contributed by atoms with Gasteiger partial charge in [-0.2, -0.15) is 13.2 Å². The van der Waals surface area contributed by atoms with Gasteiger partial charge in [0.15, 0.2) is 0 Å². The standard InChI is InChI=1S/C12H15F3N2O/c13-12(14,15)7-4-8-16-9-11(18)17-10-5-2-1-3-6-10/h1-3,5-6,16H,4,7-9H2,(H,17,18). The van der Waals surface area contributed by atoms with Crippen LogP contribution < -0.4 is 10.6 Å². The molecule has 1 aromatic rings. The van der Waals surface area contributed by atoms with E-state index in [-0.39, 0.29) is 25.4 Å². The highest BCUT2D eigenvalue weighted by Gasteiger charge is 2.25. The monoisotopic (exact) mass is 260 g/mol. The highest BCUT2D eigenvalue weighted by Crippen LogP contribution is 2.20. The Morgan fingerprint density at radius 3 is 2.44 bits per heavy atom. The van der Waals surface area contributed by atoms with Crippen LogP contribution in [-0.4, -0.2) is 25.2 Å². The highest BCUT2D eigenvalue weighted by atomic mass is 19.4. The second-order valence-corrected chi connectivity index (χ2v) is 3.81. The predicted octanol–water partition coefficient (Wildman–Crippen LogP) is 2.56. The minimum atomic E-state index is -4.13. The molecule has 2 N–H and O–H groups in total. The average Bonchev–Trinajstić information content (AvgIpc) is 2.28. The molecule has 0 fully saturated rings. The van der Waals surface area contributed by atoms with Gasteiger partial charge in [-0.3, -0.25) is 4.79 Å². The highest BCUT2D eigenvalue weighted by molar-refractivity contribution is 5.92. The van der Waals surface area contributed by atoms with Gasteiger partial charge in [-0.25, -0.2) is 0 Å². The number of rotatable bonds is 6. The molecule has 0 unspecified atom stereocenters. The Hall–Kier alpha value is -1.56. The van der Waals surface area contributed by atoms with Crippen LogP contribution in [0, 0.1) is 0 Å². The van der Waals surface area contributed by atoms with Crippen molar-refractivity contribution in [3.05, 3.63) is 30.3 Å². The zero-order valence-corrected chi connectivity index (χ0v) is 9.76. The topological polar surface area (TPSA) is 41.1 Å². The largest absolute Gasteiger partial charge is 0.389 e. The molecule has 3 nitrogen and oxygen atoms in total. The van der Waals surface area contributed by atoms with Gasteiger partial charge in [-0.05, 0) is 25.1 Å². The first-order chi connectivity index (χ1) is 8.47. The molecule has 0 bridgehead atoms. The number of para-hydroxylation sites is 1. The number of hydrogen-bond donors (Lipinski definition) is 2. The van der Waals surface area contributed by atoms with Crippen LogP contribution in [-0.2, 0) is 4.79 Å². The maximum atomic E-state index is 11.8. The van der Waals surface area contributed by atoms with E-state index in [9.17, 15) is 18.0 Å². The molecule has 0 aliphatic heterocycles. The molecule has 1 rings (SSSR count). The second kappa shape index (κ2) is 7.00. The van der Waals surface area contributed by atoms with Crippen LogP contribution in [0.2, 0.25) is 0 Å². The molecule has 0 saturated heterocycles. The summed E-state index contributed by atoms with van der Waals surface area (Å²) in [5.41, 5.74) is 0.666. The fourth-order valence-electron chi connectivity index (χ4n) is 1.34. The Balaban J connectivity index is 2.11. The average molecular weight is 260 g/mol. The van der Waals surface area contributed by atoms with Gasteiger partial charge >= 0.3 is 6.18 Å². The van der Waals surface area contributed by atoms with Gasteiger partial charge in [0.25, 0.3) is 0 Å². The summed E-state index contributed by atoms with van der Waals surface area (Å²) >= 11 is 0. The van der Waals surface area contributed by atoms with Crippen molar-refractivity contribution in [3.8, 4) is 0 Å². The predicted molar refractivity (Wildman–Crippen MR) is 63.2 cm³/mol.